The average Bonchev–Trinajstić information content (AvgIpc) is 2.37. The Bertz CT molecular complexity index is 469. The molecule has 2 rings (SSSR count). The molecule has 1 fully saturated rings. The van der Waals surface area contributed by atoms with E-state index >= 15 is 0 Å². The highest BCUT2D eigenvalue weighted by atomic mass is 32.1. The van der Waals surface area contributed by atoms with Crippen LogP contribution in [0.1, 0.15) is 45.6 Å². The topological polar surface area (TPSA) is 26.3 Å². The van der Waals surface area contributed by atoms with Crippen LogP contribution in [0.2, 0.25) is 0 Å². The van der Waals surface area contributed by atoms with E-state index in [9.17, 15) is 4.79 Å². The van der Waals surface area contributed by atoms with Crippen LogP contribution in [0.4, 0.5) is 0 Å². The molecule has 0 N–H and O–H groups in total. The Morgan fingerprint density at radius 2 is 2.00 bits per heavy atom. The summed E-state index contributed by atoms with van der Waals surface area (Å²) in [4.78, 5) is 12.2. The number of hydrogen-bond donors (Lipinski definition) is 1. The smallest absolute Gasteiger partial charge is 0.319 e. The molecule has 0 amide bonds. The van der Waals surface area contributed by atoms with Crippen molar-refractivity contribution in [3.8, 4) is 0 Å². The number of carbonyl (C=O) groups excluding carboxylic acids is 1. The molecule has 0 radical (unpaired) electrons. The molecule has 0 aliphatic heterocycles. The third-order valence-electron chi connectivity index (χ3n) is 4.17. The van der Waals surface area contributed by atoms with Gasteiger partial charge in [0, 0.05) is 0 Å². The molecule has 1 aliphatic rings. The van der Waals surface area contributed by atoms with E-state index in [1.807, 2.05) is 30.3 Å². The third kappa shape index (κ3) is 5.06. The van der Waals surface area contributed by atoms with Crippen molar-refractivity contribution in [2.24, 2.45) is 11.3 Å². The van der Waals surface area contributed by atoms with Crippen LogP contribution < -0.4 is 0 Å². The SMILES string of the molecule is CC1CC(OC(=O)C(S)Cc2ccccc2)CC(C)(C)C1. The molecular formula is C18H26O2S. The van der Waals surface area contributed by atoms with Gasteiger partial charge in [-0.05, 0) is 42.6 Å². The Balaban J connectivity index is 1.88. The monoisotopic (exact) mass is 306 g/mol. The average molecular weight is 306 g/mol. The first-order valence-corrected chi connectivity index (χ1v) is 8.30. The van der Waals surface area contributed by atoms with E-state index in [4.69, 9.17) is 4.74 Å². The Kier molecular flexibility index (Phi) is 5.37. The van der Waals surface area contributed by atoms with Crippen LogP contribution in [0.5, 0.6) is 0 Å². The lowest BCUT2D eigenvalue weighted by molar-refractivity contribution is -0.152. The molecule has 2 nitrogen and oxygen atoms in total. The van der Waals surface area contributed by atoms with Gasteiger partial charge in [-0.3, -0.25) is 4.79 Å². The van der Waals surface area contributed by atoms with Crippen molar-refractivity contribution < 1.29 is 9.53 Å². The predicted molar refractivity (Wildman–Crippen MR) is 89.6 cm³/mol. The number of carbonyl (C=O) groups is 1. The minimum absolute atomic E-state index is 0.0432. The largest absolute Gasteiger partial charge is 0.462 e. The standard InChI is InChI=1S/C18H26O2S/c1-13-9-15(12-18(2,3)11-13)20-17(19)16(21)10-14-7-5-4-6-8-14/h4-8,13,15-16,21H,9-12H2,1-3H3. The van der Waals surface area contributed by atoms with Gasteiger partial charge in [0.05, 0.1) is 0 Å². The van der Waals surface area contributed by atoms with Gasteiger partial charge >= 0.3 is 5.97 Å². The summed E-state index contributed by atoms with van der Waals surface area (Å²) in [5.74, 6) is 0.427. The lowest BCUT2D eigenvalue weighted by Crippen LogP contribution is -2.36. The number of hydrogen-bond acceptors (Lipinski definition) is 3. The van der Waals surface area contributed by atoms with Gasteiger partial charge in [0.1, 0.15) is 11.4 Å². The molecule has 0 bridgehead atoms. The quantitative estimate of drug-likeness (QED) is 0.663. The minimum Gasteiger partial charge on any atom is -0.462 e. The van der Waals surface area contributed by atoms with Crippen molar-refractivity contribution in [1.82, 2.24) is 0 Å². The molecule has 3 unspecified atom stereocenters. The molecule has 21 heavy (non-hydrogen) atoms. The van der Waals surface area contributed by atoms with Gasteiger partial charge in [-0.2, -0.15) is 12.6 Å². The molecule has 0 spiro atoms. The predicted octanol–water partition coefficient (Wildman–Crippen LogP) is 4.29. The molecule has 0 aromatic heterocycles. The van der Waals surface area contributed by atoms with Crippen LogP contribution in [-0.4, -0.2) is 17.3 Å². The maximum atomic E-state index is 12.2. The van der Waals surface area contributed by atoms with Gasteiger partial charge in [-0.1, -0.05) is 51.1 Å². The van der Waals surface area contributed by atoms with E-state index < -0.39 is 0 Å². The summed E-state index contributed by atoms with van der Waals surface area (Å²) in [6.45, 7) is 6.75. The summed E-state index contributed by atoms with van der Waals surface area (Å²) >= 11 is 4.43. The Morgan fingerprint density at radius 3 is 2.62 bits per heavy atom. The van der Waals surface area contributed by atoms with E-state index in [1.165, 1.54) is 6.42 Å². The zero-order valence-corrected chi connectivity index (χ0v) is 14.1. The summed E-state index contributed by atoms with van der Waals surface area (Å²) in [5, 5.41) is -0.382. The maximum absolute atomic E-state index is 12.2. The third-order valence-corrected chi connectivity index (χ3v) is 4.57. The summed E-state index contributed by atoms with van der Waals surface area (Å²) < 4.78 is 5.72. The van der Waals surface area contributed by atoms with Crippen molar-refractivity contribution >= 4 is 18.6 Å². The van der Waals surface area contributed by atoms with Gasteiger partial charge in [-0.15, -0.1) is 0 Å². The number of esters is 1. The van der Waals surface area contributed by atoms with Crippen LogP contribution in [0.25, 0.3) is 0 Å². The number of thiol groups is 1. The van der Waals surface area contributed by atoms with Crippen LogP contribution >= 0.6 is 12.6 Å². The summed E-state index contributed by atoms with van der Waals surface area (Å²) in [6.07, 6.45) is 3.79. The lowest BCUT2D eigenvalue weighted by Gasteiger charge is -2.38. The van der Waals surface area contributed by atoms with Gasteiger partial charge < -0.3 is 4.74 Å². The van der Waals surface area contributed by atoms with Crippen molar-refractivity contribution in [2.75, 3.05) is 0 Å². The number of benzene rings is 1. The van der Waals surface area contributed by atoms with Crippen LogP contribution in [-0.2, 0) is 16.0 Å². The zero-order chi connectivity index (χ0) is 15.5. The minimum atomic E-state index is -0.382. The number of ether oxygens (including phenoxy) is 1. The Hall–Kier alpha value is -0.960. The van der Waals surface area contributed by atoms with Crippen molar-refractivity contribution in [2.45, 2.75) is 57.8 Å². The fourth-order valence-electron chi connectivity index (χ4n) is 3.51. The molecule has 0 saturated heterocycles. The molecule has 1 saturated carbocycles. The maximum Gasteiger partial charge on any atom is 0.319 e. The first-order valence-electron chi connectivity index (χ1n) is 7.78. The van der Waals surface area contributed by atoms with E-state index in [0.29, 0.717) is 12.3 Å². The second-order valence-corrected chi connectivity index (χ2v) is 7.80. The van der Waals surface area contributed by atoms with Crippen LogP contribution in [0, 0.1) is 11.3 Å². The normalized spacial score (nSPS) is 26.1. The van der Waals surface area contributed by atoms with Crippen LogP contribution in [0.3, 0.4) is 0 Å². The van der Waals surface area contributed by atoms with Crippen molar-refractivity contribution in [1.29, 1.82) is 0 Å². The molecule has 1 aromatic carbocycles. The highest BCUT2D eigenvalue weighted by molar-refractivity contribution is 7.81. The molecule has 1 aromatic rings. The van der Waals surface area contributed by atoms with E-state index in [-0.39, 0.29) is 22.7 Å². The summed E-state index contributed by atoms with van der Waals surface area (Å²) in [5.41, 5.74) is 1.38. The van der Waals surface area contributed by atoms with Crippen molar-refractivity contribution in [3.63, 3.8) is 0 Å². The number of rotatable bonds is 4. The van der Waals surface area contributed by atoms with E-state index in [0.717, 1.165) is 18.4 Å². The fraction of sp³-hybridized carbons (Fsp3) is 0.611. The molecular weight excluding hydrogens is 280 g/mol. The van der Waals surface area contributed by atoms with E-state index in [1.54, 1.807) is 0 Å². The fourth-order valence-corrected chi connectivity index (χ4v) is 3.78. The van der Waals surface area contributed by atoms with Gasteiger partial charge in [-0.25, -0.2) is 0 Å². The first kappa shape index (κ1) is 16.4. The first-order chi connectivity index (χ1) is 9.85. The Labute approximate surface area is 133 Å². The molecule has 3 heteroatoms. The molecule has 0 heterocycles. The second-order valence-electron chi connectivity index (χ2n) is 7.18. The summed E-state index contributed by atoms with van der Waals surface area (Å²) in [6, 6.07) is 9.96. The van der Waals surface area contributed by atoms with Crippen molar-refractivity contribution in [3.05, 3.63) is 35.9 Å². The van der Waals surface area contributed by atoms with Gasteiger partial charge in [0.25, 0.3) is 0 Å². The molecule has 116 valence electrons. The lowest BCUT2D eigenvalue weighted by atomic mass is 9.71. The zero-order valence-electron chi connectivity index (χ0n) is 13.2. The second kappa shape index (κ2) is 6.87. The Morgan fingerprint density at radius 1 is 1.33 bits per heavy atom. The van der Waals surface area contributed by atoms with Gasteiger partial charge in [0.15, 0.2) is 0 Å². The van der Waals surface area contributed by atoms with Crippen LogP contribution in [0.15, 0.2) is 30.3 Å². The molecule has 1 aliphatic carbocycles. The van der Waals surface area contributed by atoms with E-state index in [2.05, 4.69) is 33.4 Å². The molecule has 3 atom stereocenters. The highest BCUT2D eigenvalue weighted by Gasteiger charge is 2.34. The van der Waals surface area contributed by atoms with Gasteiger partial charge in [0.2, 0.25) is 0 Å². The highest BCUT2D eigenvalue weighted by Crippen LogP contribution is 2.39. The summed E-state index contributed by atoms with van der Waals surface area (Å²) in [7, 11) is 0.